The summed E-state index contributed by atoms with van der Waals surface area (Å²) in [6.07, 6.45) is 3.39. The number of likely N-dealkylation sites (N-methyl/N-ethyl adjacent to an activating group) is 1. The number of carbonyl (C=O) groups is 1. The second-order valence-electron chi connectivity index (χ2n) is 10.6. The van der Waals surface area contributed by atoms with Crippen LogP contribution < -0.4 is 9.62 Å². The smallest absolute Gasteiger partial charge is 0.261 e. The van der Waals surface area contributed by atoms with Crippen molar-refractivity contribution in [3.05, 3.63) is 119 Å². The quantitative estimate of drug-likeness (QED) is 0.197. The second kappa shape index (κ2) is 12.1. The van der Waals surface area contributed by atoms with Gasteiger partial charge in [-0.15, -0.1) is 0 Å². The van der Waals surface area contributed by atoms with Crippen molar-refractivity contribution in [3.8, 4) is 11.1 Å². The number of rotatable bonds is 8. The number of anilines is 2. The molecule has 7 heteroatoms. The highest BCUT2D eigenvalue weighted by molar-refractivity contribution is 7.92. The minimum Gasteiger partial charge on any atom is -0.368 e. The molecule has 4 aromatic rings. The highest BCUT2D eigenvalue weighted by atomic mass is 32.2. The SMILES string of the molecule is Cc1cc(C)cc(-c2ccc(N3CCN(C)CC3)c(C=CC(=O)c3ccccc3NS(=O)(=O)c3ccccc3)c2)c1. The van der Waals surface area contributed by atoms with Gasteiger partial charge in [-0.05, 0) is 86.1 Å². The van der Waals surface area contributed by atoms with Crippen LogP contribution in [0.15, 0.2) is 102 Å². The third kappa shape index (κ3) is 6.76. The lowest BCUT2D eigenvalue weighted by Crippen LogP contribution is -2.44. The summed E-state index contributed by atoms with van der Waals surface area (Å²) in [5.74, 6) is -0.280. The summed E-state index contributed by atoms with van der Waals surface area (Å²) in [6.45, 7) is 7.93. The lowest BCUT2D eigenvalue weighted by Gasteiger charge is -2.35. The zero-order valence-electron chi connectivity index (χ0n) is 23.7. The minimum absolute atomic E-state index is 0.137. The van der Waals surface area contributed by atoms with E-state index >= 15 is 0 Å². The molecule has 1 N–H and O–H groups in total. The molecule has 0 amide bonds. The summed E-state index contributed by atoms with van der Waals surface area (Å²) in [6, 6.07) is 27.8. The van der Waals surface area contributed by atoms with Gasteiger partial charge in [0.05, 0.1) is 10.6 Å². The highest BCUT2D eigenvalue weighted by Gasteiger charge is 2.19. The van der Waals surface area contributed by atoms with E-state index in [1.807, 2.05) is 6.08 Å². The van der Waals surface area contributed by atoms with E-state index in [1.54, 1.807) is 42.5 Å². The van der Waals surface area contributed by atoms with E-state index in [1.165, 1.54) is 29.3 Å². The van der Waals surface area contributed by atoms with Gasteiger partial charge in [-0.2, -0.15) is 0 Å². The molecule has 0 unspecified atom stereocenters. The van der Waals surface area contributed by atoms with Gasteiger partial charge < -0.3 is 9.80 Å². The number of nitrogens with zero attached hydrogens (tertiary/aromatic N) is 2. The molecule has 0 aliphatic carbocycles. The van der Waals surface area contributed by atoms with Crippen LogP contribution in [-0.4, -0.2) is 52.3 Å². The number of benzene rings is 4. The number of hydrogen-bond acceptors (Lipinski definition) is 5. The molecule has 1 aliphatic rings. The maximum atomic E-state index is 13.5. The van der Waals surface area contributed by atoms with Gasteiger partial charge in [-0.3, -0.25) is 9.52 Å². The lowest BCUT2D eigenvalue weighted by molar-refractivity contribution is 0.104. The van der Waals surface area contributed by atoms with Gasteiger partial charge in [-0.1, -0.05) is 65.7 Å². The number of piperazine rings is 1. The van der Waals surface area contributed by atoms with Crippen LogP contribution in [0.1, 0.15) is 27.0 Å². The van der Waals surface area contributed by atoms with E-state index in [0.717, 1.165) is 48.6 Å². The van der Waals surface area contributed by atoms with E-state index in [4.69, 9.17) is 0 Å². The van der Waals surface area contributed by atoms with E-state index in [9.17, 15) is 13.2 Å². The van der Waals surface area contributed by atoms with Gasteiger partial charge in [0.25, 0.3) is 10.0 Å². The Hall–Kier alpha value is -4.20. The molecule has 41 heavy (non-hydrogen) atoms. The van der Waals surface area contributed by atoms with Gasteiger partial charge in [0.2, 0.25) is 0 Å². The highest BCUT2D eigenvalue weighted by Crippen LogP contribution is 2.31. The van der Waals surface area contributed by atoms with Gasteiger partial charge in [0, 0.05) is 37.4 Å². The number of hydrogen-bond donors (Lipinski definition) is 1. The van der Waals surface area contributed by atoms with Crippen LogP contribution in [0.4, 0.5) is 11.4 Å². The van der Waals surface area contributed by atoms with Crippen molar-refractivity contribution >= 4 is 33.3 Å². The van der Waals surface area contributed by atoms with Gasteiger partial charge in [0.15, 0.2) is 5.78 Å². The topological polar surface area (TPSA) is 69.7 Å². The molecule has 0 spiro atoms. The van der Waals surface area contributed by atoms with Crippen molar-refractivity contribution in [2.24, 2.45) is 0 Å². The number of aryl methyl sites for hydroxylation is 2. The average molecular weight is 566 g/mol. The Bertz CT molecular complexity index is 1670. The fourth-order valence-electron chi connectivity index (χ4n) is 5.19. The first-order chi connectivity index (χ1) is 19.7. The zero-order chi connectivity index (χ0) is 29.0. The Labute approximate surface area is 243 Å². The average Bonchev–Trinajstić information content (AvgIpc) is 2.96. The molecule has 0 aromatic heterocycles. The Kier molecular flexibility index (Phi) is 8.38. The standard InChI is InChI=1S/C34H35N3O3S/c1-25-21-26(2)23-29(22-25)27-13-15-33(37-19-17-36(3)18-20-37)28(24-27)14-16-34(38)31-11-7-8-12-32(31)35-41(39,40)30-9-5-4-6-10-30/h4-16,21-24,35H,17-20H2,1-3H3. The van der Waals surface area contributed by atoms with Crippen LogP contribution >= 0.6 is 0 Å². The maximum Gasteiger partial charge on any atom is 0.261 e. The number of ketones is 1. The summed E-state index contributed by atoms with van der Waals surface area (Å²) < 4.78 is 28.5. The maximum absolute atomic E-state index is 13.5. The molecule has 1 aliphatic heterocycles. The van der Waals surface area contributed by atoms with Crippen molar-refractivity contribution in [2.45, 2.75) is 18.7 Å². The van der Waals surface area contributed by atoms with Crippen molar-refractivity contribution in [1.82, 2.24) is 4.90 Å². The van der Waals surface area contributed by atoms with Gasteiger partial charge in [0.1, 0.15) is 0 Å². The van der Waals surface area contributed by atoms with Crippen LogP contribution in [0, 0.1) is 13.8 Å². The molecule has 1 heterocycles. The van der Waals surface area contributed by atoms with Crippen LogP contribution in [0.25, 0.3) is 17.2 Å². The first kappa shape index (κ1) is 28.3. The monoisotopic (exact) mass is 565 g/mol. The fraction of sp³-hybridized carbons (Fsp3) is 0.206. The van der Waals surface area contributed by atoms with Gasteiger partial charge in [-0.25, -0.2) is 8.42 Å². The molecule has 210 valence electrons. The summed E-state index contributed by atoms with van der Waals surface area (Å²) in [5, 5.41) is 0. The summed E-state index contributed by atoms with van der Waals surface area (Å²) in [7, 11) is -1.71. The Morgan fingerprint density at radius 1 is 0.780 bits per heavy atom. The van der Waals surface area contributed by atoms with Crippen LogP contribution in [0.5, 0.6) is 0 Å². The molecular formula is C34H35N3O3S. The van der Waals surface area contributed by atoms with Crippen LogP contribution in [0.2, 0.25) is 0 Å². The predicted octanol–water partition coefficient (Wildman–Crippen LogP) is 6.42. The fourth-order valence-corrected chi connectivity index (χ4v) is 6.29. The molecule has 1 fully saturated rings. The predicted molar refractivity (Wildman–Crippen MR) is 168 cm³/mol. The number of allylic oxidation sites excluding steroid dienone is 1. The van der Waals surface area contributed by atoms with Crippen LogP contribution in [0.3, 0.4) is 0 Å². The van der Waals surface area contributed by atoms with E-state index in [0.29, 0.717) is 0 Å². The molecule has 6 nitrogen and oxygen atoms in total. The van der Waals surface area contributed by atoms with Crippen molar-refractivity contribution < 1.29 is 13.2 Å². The largest absolute Gasteiger partial charge is 0.368 e. The molecule has 0 radical (unpaired) electrons. The third-order valence-electron chi connectivity index (χ3n) is 7.33. The molecule has 0 atom stereocenters. The first-order valence-electron chi connectivity index (χ1n) is 13.8. The zero-order valence-corrected chi connectivity index (χ0v) is 24.5. The molecule has 5 rings (SSSR count). The minimum atomic E-state index is -3.84. The summed E-state index contributed by atoms with van der Waals surface area (Å²) in [5.41, 5.74) is 7.17. The Morgan fingerprint density at radius 3 is 2.15 bits per heavy atom. The van der Waals surface area contributed by atoms with E-state index in [-0.39, 0.29) is 21.9 Å². The van der Waals surface area contributed by atoms with E-state index in [2.05, 4.69) is 71.8 Å². The lowest BCUT2D eigenvalue weighted by atomic mass is 9.97. The van der Waals surface area contributed by atoms with Crippen molar-refractivity contribution in [1.29, 1.82) is 0 Å². The van der Waals surface area contributed by atoms with Crippen molar-refractivity contribution in [2.75, 3.05) is 42.8 Å². The van der Waals surface area contributed by atoms with Gasteiger partial charge >= 0.3 is 0 Å². The summed E-state index contributed by atoms with van der Waals surface area (Å²) >= 11 is 0. The number of sulfonamides is 1. The normalized spacial score (nSPS) is 14.4. The molecular weight excluding hydrogens is 530 g/mol. The number of carbonyl (C=O) groups excluding carboxylic acids is 1. The third-order valence-corrected chi connectivity index (χ3v) is 8.71. The molecule has 0 saturated carbocycles. The molecule has 4 aromatic carbocycles. The number of nitrogens with one attached hydrogen (secondary N) is 1. The number of para-hydroxylation sites is 1. The molecule has 1 saturated heterocycles. The van der Waals surface area contributed by atoms with Crippen molar-refractivity contribution in [3.63, 3.8) is 0 Å². The first-order valence-corrected chi connectivity index (χ1v) is 15.2. The Balaban J connectivity index is 1.48. The van der Waals surface area contributed by atoms with E-state index < -0.39 is 10.0 Å². The van der Waals surface area contributed by atoms with Crippen LogP contribution in [-0.2, 0) is 10.0 Å². The summed E-state index contributed by atoms with van der Waals surface area (Å²) in [4.78, 5) is 18.3. The second-order valence-corrected chi connectivity index (χ2v) is 12.3. The Morgan fingerprint density at radius 2 is 1.44 bits per heavy atom. The molecule has 0 bridgehead atoms.